The van der Waals surface area contributed by atoms with Crippen molar-refractivity contribution < 1.29 is 9.90 Å². The molecule has 2 aromatic heterocycles. The van der Waals surface area contributed by atoms with Crippen molar-refractivity contribution in [1.29, 1.82) is 0 Å². The SMILES string of the molecule is NC(=O)C1(c2cc(-c3ccc4c(NCCCO)c5c(nc4c3)CCCC5)ccn2)CC1. The Morgan fingerprint density at radius 3 is 2.71 bits per heavy atom. The number of rotatable bonds is 7. The van der Waals surface area contributed by atoms with E-state index in [0.29, 0.717) is 0 Å². The standard InChI is InChI=1S/C25H28N4O2/c26-24(31)25(9-10-25)22-15-17(8-12-27-22)16-6-7-19-21(14-16)29-20-5-2-1-4-18(20)23(19)28-11-3-13-30/h6-8,12,14-15,30H,1-5,9-11,13H2,(H2,26,31)(H,28,29). The van der Waals surface area contributed by atoms with Crippen LogP contribution in [0.25, 0.3) is 22.0 Å². The highest BCUT2D eigenvalue weighted by molar-refractivity contribution is 5.96. The van der Waals surface area contributed by atoms with Crippen molar-refractivity contribution >= 4 is 22.5 Å². The maximum Gasteiger partial charge on any atom is 0.229 e. The number of hydrogen-bond donors (Lipinski definition) is 3. The van der Waals surface area contributed by atoms with Gasteiger partial charge in [0.2, 0.25) is 5.91 Å². The lowest BCUT2D eigenvalue weighted by molar-refractivity contribution is -0.120. The molecule has 0 atom stereocenters. The predicted octanol–water partition coefficient (Wildman–Crippen LogP) is 3.49. The van der Waals surface area contributed by atoms with E-state index < -0.39 is 5.41 Å². The topological polar surface area (TPSA) is 101 Å². The molecule has 3 aromatic rings. The summed E-state index contributed by atoms with van der Waals surface area (Å²) in [5.74, 6) is -0.289. The number of aromatic nitrogens is 2. The number of fused-ring (bicyclic) bond motifs is 2. The fourth-order valence-electron chi connectivity index (χ4n) is 4.73. The molecule has 5 rings (SSSR count). The molecule has 1 fully saturated rings. The molecule has 0 spiro atoms. The van der Waals surface area contributed by atoms with Gasteiger partial charge in [-0.25, -0.2) is 0 Å². The number of nitrogens with zero attached hydrogens (tertiary/aromatic N) is 2. The number of anilines is 1. The van der Waals surface area contributed by atoms with Crippen molar-refractivity contribution in [2.75, 3.05) is 18.5 Å². The number of benzene rings is 1. The average molecular weight is 417 g/mol. The minimum absolute atomic E-state index is 0.180. The van der Waals surface area contributed by atoms with Gasteiger partial charge in [0.15, 0.2) is 0 Å². The zero-order chi connectivity index (χ0) is 21.4. The van der Waals surface area contributed by atoms with E-state index in [4.69, 9.17) is 10.7 Å². The Bertz CT molecular complexity index is 1150. The highest BCUT2D eigenvalue weighted by atomic mass is 16.3. The summed E-state index contributed by atoms with van der Waals surface area (Å²) in [6.07, 6.45) is 8.44. The first-order valence-electron chi connectivity index (χ1n) is 11.2. The molecule has 31 heavy (non-hydrogen) atoms. The normalized spacial score (nSPS) is 16.7. The molecule has 0 saturated heterocycles. The van der Waals surface area contributed by atoms with E-state index in [-0.39, 0.29) is 12.5 Å². The predicted molar refractivity (Wildman–Crippen MR) is 122 cm³/mol. The van der Waals surface area contributed by atoms with E-state index in [1.54, 1.807) is 6.20 Å². The average Bonchev–Trinajstić information content (AvgIpc) is 3.61. The van der Waals surface area contributed by atoms with Crippen LogP contribution >= 0.6 is 0 Å². The van der Waals surface area contributed by atoms with Crippen LogP contribution in [0.15, 0.2) is 36.5 Å². The second-order valence-corrected chi connectivity index (χ2v) is 8.73. The summed E-state index contributed by atoms with van der Waals surface area (Å²) in [5, 5.41) is 13.9. The third-order valence-electron chi connectivity index (χ3n) is 6.70. The number of aliphatic hydroxyl groups excluding tert-OH is 1. The van der Waals surface area contributed by atoms with Crippen LogP contribution in [-0.4, -0.2) is 34.1 Å². The van der Waals surface area contributed by atoms with E-state index in [1.165, 1.54) is 29.8 Å². The van der Waals surface area contributed by atoms with Gasteiger partial charge in [-0.2, -0.15) is 0 Å². The van der Waals surface area contributed by atoms with Crippen molar-refractivity contribution in [2.45, 2.75) is 50.4 Å². The molecule has 4 N–H and O–H groups in total. The molecular weight excluding hydrogens is 388 g/mol. The third-order valence-corrected chi connectivity index (χ3v) is 6.70. The summed E-state index contributed by atoms with van der Waals surface area (Å²) in [7, 11) is 0. The summed E-state index contributed by atoms with van der Waals surface area (Å²) in [6, 6.07) is 10.3. The largest absolute Gasteiger partial charge is 0.396 e. The van der Waals surface area contributed by atoms with Gasteiger partial charge < -0.3 is 16.2 Å². The zero-order valence-corrected chi connectivity index (χ0v) is 17.7. The van der Waals surface area contributed by atoms with Gasteiger partial charge in [-0.3, -0.25) is 14.8 Å². The molecule has 1 saturated carbocycles. The van der Waals surface area contributed by atoms with Crippen molar-refractivity contribution in [3.63, 3.8) is 0 Å². The van der Waals surface area contributed by atoms with E-state index in [2.05, 4.69) is 28.5 Å². The highest BCUT2D eigenvalue weighted by Gasteiger charge is 2.51. The van der Waals surface area contributed by atoms with Crippen molar-refractivity contribution in [3.8, 4) is 11.1 Å². The second-order valence-electron chi connectivity index (χ2n) is 8.73. The quantitative estimate of drug-likeness (QED) is 0.512. The van der Waals surface area contributed by atoms with E-state index in [9.17, 15) is 9.90 Å². The van der Waals surface area contributed by atoms with Gasteiger partial charge in [-0.15, -0.1) is 0 Å². The summed E-state index contributed by atoms with van der Waals surface area (Å²) >= 11 is 0. The summed E-state index contributed by atoms with van der Waals surface area (Å²) in [6.45, 7) is 0.923. The molecule has 6 heteroatoms. The number of aliphatic hydroxyl groups is 1. The first-order valence-corrected chi connectivity index (χ1v) is 11.2. The Morgan fingerprint density at radius 1 is 1.13 bits per heavy atom. The van der Waals surface area contributed by atoms with Crippen LogP contribution in [0.1, 0.15) is 49.1 Å². The fourth-order valence-corrected chi connectivity index (χ4v) is 4.73. The number of carbonyl (C=O) groups is 1. The van der Waals surface area contributed by atoms with Gasteiger partial charge in [0.05, 0.1) is 16.6 Å². The van der Waals surface area contributed by atoms with Crippen molar-refractivity contribution in [2.24, 2.45) is 5.73 Å². The molecule has 2 aliphatic rings. The summed E-state index contributed by atoms with van der Waals surface area (Å²) in [4.78, 5) is 21.4. The summed E-state index contributed by atoms with van der Waals surface area (Å²) < 4.78 is 0. The highest BCUT2D eigenvalue weighted by Crippen LogP contribution is 2.47. The second kappa shape index (κ2) is 7.93. The lowest BCUT2D eigenvalue weighted by atomic mass is 9.91. The van der Waals surface area contributed by atoms with Gasteiger partial charge >= 0.3 is 0 Å². The Morgan fingerprint density at radius 2 is 1.94 bits per heavy atom. The maximum absolute atomic E-state index is 11.9. The van der Waals surface area contributed by atoms with Crippen molar-refractivity contribution in [1.82, 2.24) is 9.97 Å². The minimum Gasteiger partial charge on any atom is -0.396 e. The molecule has 2 aliphatic carbocycles. The number of nitrogens with one attached hydrogen (secondary N) is 1. The zero-order valence-electron chi connectivity index (χ0n) is 17.7. The van der Waals surface area contributed by atoms with Gasteiger partial charge in [0.25, 0.3) is 0 Å². The van der Waals surface area contributed by atoms with E-state index in [0.717, 1.165) is 66.4 Å². The van der Waals surface area contributed by atoms with Crippen LogP contribution in [0.3, 0.4) is 0 Å². The molecule has 1 aromatic carbocycles. The molecule has 1 amide bonds. The number of aryl methyl sites for hydroxylation is 1. The fraction of sp³-hybridized carbons (Fsp3) is 0.400. The monoisotopic (exact) mass is 416 g/mol. The molecule has 6 nitrogen and oxygen atoms in total. The molecule has 0 aliphatic heterocycles. The van der Waals surface area contributed by atoms with Crippen LogP contribution < -0.4 is 11.1 Å². The van der Waals surface area contributed by atoms with Gasteiger partial charge in [0.1, 0.15) is 0 Å². The Labute approximate surface area is 181 Å². The van der Waals surface area contributed by atoms with Crippen LogP contribution in [0.4, 0.5) is 5.69 Å². The lowest BCUT2D eigenvalue weighted by Crippen LogP contribution is -2.29. The number of hydrogen-bond acceptors (Lipinski definition) is 5. The molecule has 0 bridgehead atoms. The number of amides is 1. The molecule has 2 heterocycles. The summed E-state index contributed by atoms with van der Waals surface area (Å²) in [5.41, 5.74) is 12.6. The molecular formula is C25H28N4O2. The Kier molecular flexibility index (Phi) is 5.10. The number of primary amides is 1. The third kappa shape index (κ3) is 3.55. The lowest BCUT2D eigenvalue weighted by Gasteiger charge is -2.22. The van der Waals surface area contributed by atoms with Crippen molar-refractivity contribution in [3.05, 3.63) is 53.5 Å². The number of pyridine rings is 2. The van der Waals surface area contributed by atoms with Gasteiger partial charge in [-0.1, -0.05) is 12.1 Å². The van der Waals surface area contributed by atoms with Crippen LogP contribution in [0.5, 0.6) is 0 Å². The maximum atomic E-state index is 11.9. The minimum atomic E-state index is -0.589. The van der Waals surface area contributed by atoms with E-state index in [1.807, 2.05) is 12.1 Å². The van der Waals surface area contributed by atoms with Crippen LogP contribution in [0, 0.1) is 0 Å². The van der Waals surface area contributed by atoms with Gasteiger partial charge in [0, 0.05) is 36.1 Å². The number of nitrogens with two attached hydrogens (primary N) is 1. The molecule has 160 valence electrons. The van der Waals surface area contributed by atoms with E-state index >= 15 is 0 Å². The molecule has 0 radical (unpaired) electrons. The Hall–Kier alpha value is -2.99. The first kappa shape index (κ1) is 19.9. The molecule has 0 unspecified atom stereocenters. The van der Waals surface area contributed by atoms with Gasteiger partial charge in [-0.05, 0) is 79.8 Å². The first-order chi connectivity index (χ1) is 15.1. The smallest absolute Gasteiger partial charge is 0.229 e. The number of carbonyl (C=O) groups excluding carboxylic acids is 1. The Balaban J connectivity index is 1.57. The van der Waals surface area contributed by atoms with Crippen LogP contribution in [-0.2, 0) is 23.1 Å². The van der Waals surface area contributed by atoms with Crippen LogP contribution in [0.2, 0.25) is 0 Å².